The van der Waals surface area contributed by atoms with E-state index < -0.39 is 16.0 Å². The van der Waals surface area contributed by atoms with Crippen LogP contribution < -0.4 is 13.9 Å². The molecule has 0 spiro atoms. The number of para-hydroxylation sites is 1. The molecular formula is C24H22N2O5S. The smallest absolute Gasteiger partial charge is 0.343 e. The van der Waals surface area contributed by atoms with Crippen molar-refractivity contribution in [2.45, 2.75) is 17.7 Å². The van der Waals surface area contributed by atoms with Crippen LogP contribution in [-0.2, 0) is 14.8 Å². The summed E-state index contributed by atoms with van der Waals surface area (Å²) in [7, 11) is -2.39. The van der Waals surface area contributed by atoms with Crippen molar-refractivity contribution in [3.05, 3.63) is 84.4 Å². The van der Waals surface area contributed by atoms with Gasteiger partial charge in [0, 0.05) is 25.7 Å². The Morgan fingerprint density at radius 2 is 1.69 bits per heavy atom. The minimum Gasteiger partial charge on any atom is -0.423 e. The lowest BCUT2D eigenvalue weighted by Crippen LogP contribution is -2.26. The molecule has 3 aromatic carbocycles. The zero-order chi connectivity index (χ0) is 22.7. The summed E-state index contributed by atoms with van der Waals surface area (Å²) in [6.45, 7) is 0.677. The molecule has 0 atom stereocenters. The molecule has 1 aliphatic rings. The summed E-state index contributed by atoms with van der Waals surface area (Å²) in [5.74, 6) is -0.289. The second-order valence-electron chi connectivity index (χ2n) is 7.37. The molecule has 0 radical (unpaired) electrons. The molecule has 3 aromatic rings. The number of carbonyl (C=O) groups excluding carboxylic acids is 2. The maximum Gasteiger partial charge on any atom is 0.343 e. The van der Waals surface area contributed by atoms with Crippen molar-refractivity contribution in [1.29, 1.82) is 0 Å². The van der Waals surface area contributed by atoms with Crippen LogP contribution in [0.4, 0.5) is 11.4 Å². The highest BCUT2D eigenvalue weighted by atomic mass is 32.2. The van der Waals surface area contributed by atoms with E-state index in [1.165, 1.54) is 31.3 Å². The Morgan fingerprint density at radius 3 is 2.34 bits per heavy atom. The number of rotatable bonds is 6. The van der Waals surface area contributed by atoms with Crippen LogP contribution in [0.2, 0.25) is 0 Å². The average molecular weight is 451 g/mol. The molecule has 1 amide bonds. The Kier molecular flexibility index (Phi) is 5.96. The van der Waals surface area contributed by atoms with Crippen molar-refractivity contribution in [3.8, 4) is 5.75 Å². The fourth-order valence-electron chi connectivity index (χ4n) is 3.50. The molecule has 164 valence electrons. The maximum absolute atomic E-state index is 13.0. The van der Waals surface area contributed by atoms with E-state index in [1.807, 2.05) is 0 Å². The maximum atomic E-state index is 13.0. The number of carbonyl (C=O) groups is 2. The molecule has 0 N–H and O–H groups in total. The van der Waals surface area contributed by atoms with Crippen LogP contribution in [0.3, 0.4) is 0 Å². The Labute approximate surface area is 186 Å². The average Bonchev–Trinajstić information content (AvgIpc) is 3.25. The molecule has 8 heteroatoms. The van der Waals surface area contributed by atoms with Crippen molar-refractivity contribution >= 4 is 33.3 Å². The third kappa shape index (κ3) is 4.36. The van der Waals surface area contributed by atoms with Crippen LogP contribution in [0, 0.1) is 0 Å². The number of hydrogen-bond donors (Lipinski definition) is 0. The number of benzene rings is 3. The van der Waals surface area contributed by atoms with Crippen molar-refractivity contribution in [2.24, 2.45) is 0 Å². The number of sulfonamides is 1. The molecule has 0 saturated carbocycles. The minimum absolute atomic E-state index is 0.0128. The second-order valence-corrected chi connectivity index (χ2v) is 9.34. The van der Waals surface area contributed by atoms with Gasteiger partial charge in [-0.25, -0.2) is 13.2 Å². The van der Waals surface area contributed by atoms with Crippen molar-refractivity contribution < 1.29 is 22.7 Å². The largest absolute Gasteiger partial charge is 0.423 e. The van der Waals surface area contributed by atoms with Crippen molar-refractivity contribution in [3.63, 3.8) is 0 Å². The number of esters is 1. The molecule has 0 aliphatic carbocycles. The molecule has 4 rings (SSSR count). The topological polar surface area (TPSA) is 84.0 Å². The first kappa shape index (κ1) is 21.6. The number of ether oxygens (including phenoxy) is 1. The van der Waals surface area contributed by atoms with Crippen LogP contribution in [0.15, 0.2) is 83.8 Å². The molecule has 0 unspecified atom stereocenters. The van der Waals surface area contributed by atoms with E-state index in [0.717, 1.165) is 16.4 Å². The quantitative estimate of drug-likeness (QED) is 0.421. The van der Waals surface area contributed by atoms with E-state index in [-0.39, 0.29) is 16.4 Å². The van der Waals surface area contributed by atoms with Crippen molar-refractivity contribution in [2.75, 3.05) is 22.8 Å². The Morgan fingerprint density at radius 1 is 0.969 bits per heavy atom. The van der Waals surface area contributed by atoms with Crippen LogP contribution in [0.5, 0.6) is 5.75 Å². The van der Waals surface area contributed by atoms with E-state index in [2.05, 4.69) is 0 Å². The number of amides is 1. The van der Waals surface area contributed by atoms with Gasteiger partial charge in [-0.3, -0.25) is 9.10 Å². The lowest BCUT2D eigenvalue weighted by molar-refractivity contribution is -0.117. The van der Waals surface area contributed by atoms with Gasteiger partial charge >= 0.3 is 5.97 Å². The molecule has 1 heterocycles. The van der Waals surface area contributed by atoms with Gasteiger partial charge in [-0.15, -0.1) is 0 Å². The summed E-state index contributed by atoms with van der Waals surface area (Å²) in [5.41, 5.74) is 1.38. The Bertz CT molecular complexity index is 1240. The van der Waals surface area contributed by atoms with E-state index in [1.54, 1.807) is 59.5 Å². The normalized spacial score (nSPS) is 13.8. The number of hydrogen-bond acceptors (Lipinski definition) is 5. The first-order valence-electron chi connectivity index (χ1n) is 10.1. The summed E-state index contributed by atoms with van der Waals surface area (Å²) in [4.78, 5) is 26.2. The van der Waals surface area contributed by atoms with Gasteiger partial charge in [0.25, 0.3) is 10.0 Å². The minimum atomic E-state index is -3.85. The van der Waals surface area contributed by atoms with E-state index in [4.69, 9.17) is 4.74 Å². The first-order valence-corrected chi connectivity index (χ1v) is 11.6. The van der Waals surface area contributed by atoms with E-state index in [9.17, 15) is 18.0 Å². The zero-order valence-electron chi connectivity index (χ0n) is 17.5. The molecule has 1 aliphatic heterocycles. The lowest BCUT2D eigenvalue weighted by atomic mass is 10.2. The predicted octanol–water partition coefficient (Wildman–Crippen LogP) is 3.86. The predicted molar refractivity (Wildman–Crippen MR) is 121 cm³/mol. The first-order chi connectivity index (χ1) is 15.4. The summed E-state index contributed by atoms with van der Waals surface area (Å²) in [6.07, 6.45) is 1.36. The monoisotopic (exact) mass is 450 g/mol. The van der Waals surface area contributed by atoms with Gasteiger partial charge in [0.15, 0.2) is 0 Å². The summed E-state index contributed by atoms with van der Waals surface area (Å²) >= 11 is 0. The van der Waals surface area contributed by atoms with Gasteiger partial charge in [-0.05, 0) is 61.0 Å². The fraction of sp³-hybridized carbons (Fsp3) is 0.167. The summed E-state index contributed by atoms with van der Waals surface area (Å²) in [6, 6.07) is 21.1. The molecule has 32 heavy (non-hydrogen) atoms. The van der Waals surface area contributed by atoms with E-state index in [0.29, 0.717) is 24.4 Å². The van der Waals surface area contributed by atoms with Crippen LogP contribution in [0.1, 0.15) is 23.2 Å². The van der Waals surface area contributed by atoms with E-state index >= 15 is 0 Å². The van der Waals surface area contributed by atoms with Crippen molar-refractivity contribution in [1.82, 2.24) is 0 Å². The fourth-order valence-corrected chi connectivity index (χ4v) is 4.74. The van der Waals surface area contributed by atoms with Gasteiger partial charge in [-0.1, -0.05) is 24.3 Å². The summed E-state index contributed by atoms with van der Waals surface area (Å²) in [5, 5.41) is 0. The number of anilines is 2. The highest BCUT2D eigenvalue weighted by Gasteiger charge is 2.23. The third-order valence-corrected chi connectivity index (χ3v) is 7.06. The highest BCUT2D eigenvalue weighted by Crippen LogP contribution is 2.25. The SMILES string of the molecule is CN(c1ccccc1)S(=O)(=O)c1cccc(C(=O)Oc2ccc(N3CCCC3=O)cc2)c1. The molecule has 0 bridgehead atoms. The standard InChI is InChI=1S/C24H22N2O5S/c1-25(19-8-3-2-4-9-19)32(29,30)22-10-5-7-18(17-22)24(28)31-21-14-12-20(13-15-21)26-16-6-11-23(26)27/h2-5,7-10,12-15,17H,6,11,16H2,1H3. The zero-order valence-corrected chi connectivity index (χ0v) is 18.3. The van der Waals surface area contributed by atoms with Gasteiger partial charge in [-0.2, -0.15) is 0 Å². The van der Waals surface area contributed by atoms with Gasteiger partial charge in [0.1, 0.15) is 5.75 Å². The van der Waals surface area contributed by atoms with Crippen LogP contribution in [0.25, 0.3) is 0 Å². The van der Waals surface area contributed by atoms with Gasteiger partial charge in [0.2, 0.25) is 5.91 Å². The highest BCUT2D eigenvalue weighted by molar-refractivity contribution is 7.92. The van der Waals surface area contributed by atoms with Gasteiger partial charge in [0.05, 0.1) is 16.1 Å². The molecule has 7 nitrogen and oxygen atoms in total. The third-order valence-electron chi connectivity index (χ3n) is 5.28. The number of nitrogens with zero attached hydrogens (tertiary/aromatic N) is 2. The molecular weight excluding hydrogens is 428 g/mol. The summed E-state index contributed by atoms with van der Waals surface area (Å²) < 4.78 is 32.6. The van der Waals surface area contributed by atoms with Gasteiger partial charge < -0.3 is 9.64 Å². The Balaban J connectivity index is 1.50. The second kappa shape index (κ2) is 8.84. The van der Waals surface area contributed by atoms with Crippen LogP contribution >= 0.6 is 0 Å². The van der Waals surface area contributed by atoms with Crippen LogP contribution in [-0.4, -0.2) is 33.9 Å². The molecule has 1 fully saturated rings. The lowest BCUT2D eigenvalue weighted by Gasteiger charge is -2.19. The molecule has 0 aromatic heterocycles. The Hall–Kier alpha value is -3.65. The molecule has 1 saturated heterocycles.